The number of aliphatic imine (C=N–C) groups is 1. The Bertz CT molecular complexity index is 1270. The molecule has 1 unspecified atom stereocenters. The lowest BCUT2D eigenvalue weighted by molar-refractivity contribution is -0.195. The van der Waals surface area contributed by atoms with Gasteiger partial charge in [0.2, 0.25) is 5.90 Å². The Labute approximate surface area is 179 Å². The summed E-state index contributed by atoms with van der Waals surface area (Å²) in [5.41, 5.74) is -3.89. The van der Waals surface area contributed by atoms with Gasteiger partial charge in [-0.2, -0.15) is 13.2 Å². The van der Waals surface area contributed by atoms with E-state index in [0.717, 1.165) is 14.2 Å². The summed E-state index contributed by atoms with van der Waals surface area (Å²) in [7, 11) is 2.00. The second kappa shape index (κ2) is 7.77. The highest BCUT2D eigenvalue weighted by Crippen LogP contribution is 2.47. The monoisotopic (exact) mass is 446 g/mol. The van der Waals surface area contributed by atoms with Crippen LogP contribution in [-0.2, 0) is 24.4 Å². The van der Waals surface area contributed by atoms with Crippen LogP contribution in [0.4, 0.5) is 13.2 Å². The number of ether oxygens (including phenoxy) is 3. The number of benzene rings is 2. The third-order valence-electron chi connectivity index (χ3n) is 5.30. The fraction of sp³-hybridized carbons (Fsp3) is 0.273. The topological polar surface area (TPSA) is 87.1 Å². The first-order valence-corrected chi connectivity index (χ1v) is 9.50. The zero-order valence-electron chi connectivity index (χ0n) is 17.0. The fourth-order valence-corrected chi connectivity index (χ4v) is 3.86. The van der Waals surface area contributed by atoms with Gasteiger partial charge >= 0.3 is 18.1 Å². The molecular weight excluding hydrogens is 429 g/mol. The van der Waals surface area contributed by atoms with Crippen molar-refractivity contribution in [2.24, 2.45) is 4.99 Å². The summed E-state index contributed by atoms with van der Waals surface area (Å²) in [5.74, 6) is -3.24. The van der Waals surface area contributed by atoms with E-state index in [-0.39, 0.29) is 29.6 Å². The number of pyridine rings is 1. The van der Waals surface area contributed by atoms with E-state index in [4.69, 9.17) is 9.47 Å². The number of rotatable bonds is 4. The Kier molecular flexibility index (Phi) is 5.23. The predicted molar refractivity (Wildman–Crippen MR) is 109 cm³/mol. The molecule has 0 amide bonds. The maximum absolute atomic E-state index is 14.8. The Morgan fingerprint density at radius 2 is 1.75 bits per heavy atom. The second-order valence-electron chi connectivity index (χ2n) is 7.00. The number of para-hydroxylation sites is 1. The molecule has 0 bridgehead atoms. The van der Waals surface area contributed by atoms with E-state index in [0.29, 0.717) is 10.8 Å². The Morgan fingerprint density at radius 3 is 2.38 bits per heavy atom. The summed E-state index contributed by atoms with van der Waals surface area (Å²) in [5, 5.41) is 0.819. The normalized spacial score (nSPS) is 15.7. The van der Waals surface area contributed by atoms with Crippen molar-refractivity contribution in [3.05, 3.63) is 53.7 Å². The van der Waals surface area contributed by atoms with Crippen molar-refractivity contribution in [2.75, 3.05) is 27.4 Å². The molecule has 4 rings (SSSR count). The quantitative estimate of drug-likeness (QED) is 0.450. The van der Waals surface area contributed by atoms with Gasteiger partial charge in [0.25, 0.3) is 5.41 Å². The molecule has 32 heavy (non-hydrogen) atoms. The third kappa shape index (κ3) is 3.05. The van der Waals surface area contributed by atoms with Crippen molar-refractivity contribution in [3.8, 4) is 0 Å². The minimum absolute atomic E-state index is 0.00597. The molecule has 0 aliphatic carbocycles. The largest absolute Gasteiger partial charge is 0.478 e. The molecule has 10 heteroatoms. The SMILES string of the molecule is COC(=O)c1ccc2c(c1)c(C(C(=O)OC)(C1=NCCO1)C(F)(F)F)nc1ccccc12. The zero-order chi connectivity index (χ0) is 23.1. The fourth-order valence-electron chi connectivity index (χ4n) is 3.86. The molecule has 7 nitrogen and oxygen atoms in total. The number of carbonyl (C=O) groups excluding carboxylic acids is 2. The molecule has 1 atom stereocenters. The lowest BCUT2D eigenvalue weighted by atomic mass is 9.79. The molecule has 0 spiro atoms. The van der Waals surface area contributed by atoms with Crippen LogP contribution in [0.5, 0.6) is 0 Å². The summed E-state index contributed by atoms with van der Waals surface area (Å²) < 4.78 is 58.9. The van der Waals surface area contributed by atoms with Crippen LogP contribution in [0.15, 0.2) is 47.5 Å². The van der Waals surface area contributed by atoms with Crippen molar-refractivity contribution in [1.29, 1.82) is 0 Å². The number of nitrogens with zero attached hydrogens (tertiary/aromatic N) is 2. The smallest absolute Gasteiger partial charge is 0.419 e. The Balaban J connectivity index is 2.22. The first-order valence-electron chi connectivity index (χ1n) is 9.50. The van der Waals surface area contributed by atoms with Gasteiger partial charge in [-0.15, -0.1) is 0 Å². The lowest BCUT2D eigenvalue weighted by Crippen LogP contribution is -2.56. The van der Waals surface area contributed by atoms with E-state index in [1.54, 1.807) is 18.2 Å². The number of alkyl halides is 3. The first kappa shape index (κ1) is 21.5. The highest BCUT2D eigenvalue weighted by atomic mass is 19.4. The van der Waals surface area contributed by atoms with Crippen LogP contribution in [0.1, 0.15) is 16.1 Å². The van der Waals surface area contributed by atoms with E-state index >= 15 is 0 Å². The zero-order valence-corrected chi connectivity index (χ0v) is 17.0. The molecule has 1 aliphatic rings. The van der Waals surface area contributed by atoms with Crippen LogP contribution >= 0.6 is 0 Å². The minimum Gasteiger partial charge on any atom is -0.478 e. The van der Waals surface area contributed by atoms with Crippen LogP contribution in [0.3, 0.4) is 0 Å². The minimum atomic E-state index is -5.22. The van der Waals surface area contributed by atoms with Crippen molar-refractivity contribution in [3.63, 3.8) is 0 Å². The maximum Gasteiger partial charge on any atom is 0.419 e. The molecule has 1 aliphatic heterocycles. The van der Waals surface area contributed by atoms with Gasteiger partial charge in [0, 0.05) is 10.8 Å². The molecule has 2 heterocycles. The molecule has 0 saturated carbocycles. The molecule has 0 N–H and O–H groups in total. The van der Waals surface area contributed by atoms with Crippen molar-refractivity contribution < 1.29 is 37.0 Å². The number of esters is 2. The van der Waals surface area contributed by atoms with Crippen LogP contribution < -0.4 is 0 Å². The van der Waals surface area contributed by atoms with Crippen LogP contribution in [0, 0.1) is 0 Å². The van der Waals surface area contributed by atoms with Gasteiger partial charge in [0.15, 0.2) is 0 Å². The van der Waals surface area contributed by atoms with E-state index in [1.165, 1.54) is 24.3 Å². The van der Waals surface area contributed by atoms with Gasteiger partial charge in [-0.1, -0.05) is 24.3 Å². The molecule has 0 saturated heterocycles. The van der Waals surface area contributed by atoms with E-state index in [1.807, 2.05) is 0 Å². The van der Waals surface area contributed by atoms with E-state index in [2.05, 4.69) is 14.7 Å². The van der Waals surface area contributed by atoms with Gasteiger partial charge in [-0.3, -0.25) is 14.8 Å². The van der Waals surface area contributed by atoms with Gasteiger partial charge < -0.3 is 14.2 Å². The molecule has 1 aromatic heterocycles. The highest BCUT2D eigenvalue weighted by molar-refractivity contribution is 6.16. The molecule has 3 aromatic rings. The lowest BCUT2D eigenvalue weighted by Gasteiger charge is -2.32. The Morgan fingerprint density at radius 1 is 1.00 bits per heavy atom. The number of methoxy groups -OCH3 is 2. The maximum atomic E-state index is 14.8. The molecular formula is C22H17F3N2O5. The van der Waals surface area contributed by atoms with Crippen molar-refractivity contribution in [2.45, 2.75) is 11.6 Å². The first-order chi connectivity index (χ1) is 15.3. The van der Waals surface area contributed by atoms with Crippen molar-refractivity contribution in [1.82, 2.24) is 4.98 Å². The number of hydrogen-bond acceptors (Lipinski definition) is 7. The molecule has 166 valence electrons. The summed E-state index contributed by atoms with van der Waals surface area (Å²) >= 11 is 0. The summed E-state index contributed by atoms with van der Waals surface area (Å²) in [6.45, 7) is -0.174. The number of hydrogen-bond donors (Lipinski definition) is 0. The molecule has 0 fully saturated rings. The van der Waals surface area contributed by atoms with E-state index in [9.17, 15) is 22.8 Å². The van der Waals surface area contributed by atoms with Gasteiger partial charge in [0.05, 0.1) is 37.5 Å². The average molecular weight is 446 g/mol. The summed E-state index contributed by atoms with van der Waals surface area (Å²) in [6.07, 6.45) is -5.22. The Hall–Kier alpha value is -3.69. The number of fused-ring (bicyclic) bond motifs is 3. The van der Waals surface area contributed by atoms with Crippen LogP contribution in [-0.4, -0.2) is 56.4 Å². The molecule has 0 radical (unpaired) electrons. The number of carbonyl (C=O) groups is 2. The predicted octanol–water partition coefficient (Wildman–Crippen LogP) is 3.58. The summed E-state index contributed by atoms with van der Waals surface area (Å²) in [4.78, 5) is 33.1. The number of aromatic nitrogens is 1. The molecule has 2 aromatic carbocycles. The van der Waals surface area contributed by atoms with Crippen LogP contribution in [0.25, 0.3) is 21.7 Å². The van der Waals surface area contributed by atoms with Gasteiger partial charge in [-0.25, -0.2) is 4.79 Å². The van der Waals surface area contributed by atoms with Gasteiger partial charge in [0.1, 0.15) is 6.61 Å². The van der Waals surface area contributed by atoms with E-state index < -0.39 is 35.1 Å². The van der Waals surface area contributed by atoms with Gasteiger partial charge in [-0.05, 0) is 23.6 Å². The summed E-state index contributed by atoms with van der Waals surface area (Å²) in [6, 6.07) is 10.7. The standard InChI is InChI=1S/C22H17F3N2O5/c1-30-18(28)12-7-8-13-14-5-3-4-6-16(14)27-17(15(13)11-12)21(20(29)31-2,22(23,24)25)19-26-9-10-32-19/h3-8,11H,9-10H2,1-2H3. The average Bonchev–Trinajstić information content (AvgIpc) is 3.32. The highest BCUT2D eigenvalue weighted by Gasteiger charge is 2.70. The number of halogens is 3. The van der Waals surface area contributed by atoms with Crippen LogP contribution in [0.2, 0.25) is 0 Å². The second-order valence-corrected chi connectivity index (χ2v) is 7.00. The third-order valence-corrected chi connectivity index (χ3v) is 5.30. The van der Waals surface area contributed by atoms with Crippen molar-refractivity contribution >= 4 is 39.5 Å².